The monoisotopic (exact) mass is 331 g/mol. The molecule has 0 unspecified atom stereocenters. The topological polar surface area (TPSA) is 23.8 Å². The molecule has 0 fully saturated rings. The first-order valence-corrected chi connectivity index (χ1v) is 11.2. The van der Waals surface area contributed by atoms with Crippen LogP contribution in [-0.2, 0) is 0 Å². The van der Waals surface area contributed by atoms with Gasteiger partial charge in [0.15, 0.2) is 0 Å². The van der Waals surface area contributed by atoms with E-state index in [1.165, 1.54) is 13.2 Å². The Balaban J connectivity index is 2.32. The van der Waals surface area contributed by atoms with E-state index in [4.69, 9.17) is 0 Å². The molecule has 0 aliphatic carbocycles. The Morgan fingerprint density at radius 2 is 0.810 bits per heavy atom. The Hall–Kier alpha value is -2.31. The van der Waals surface area contributed by atoms with Gasteiger partial charge >= 0.3 is 128 Å². The van der Waals surface area contributed by atoms with Gasteiger partial charge in [-0.2, -0.15) is 0 Å². The quantitative estimate of drug-likeness (QED) is 0.676. The minimum atomic E-state index is -3.23. The van der Waals surface area contributed by atoms with Crippen LogP contribution in [0.4, 0.5) is 0 Å². The first-order chi connectivity index (χ1) is 10.4. The standard InChI is InChI=1S/C19H15GeN/c21-16-20(17-10-4-1-5-11-17,18-12-6-2-7-13-18)19-14-8-3-9-15-19/h1-15H. The number of benzene rings is 3. The minimum absolute atomic E-state index is 1.18. The van der Waals surface area contributed by atoms with Crippen LogP contribution in [0.15, 0.2) is 91.0 Å². The SMILES string of the molecule is N#[C][Ge]([c]1ccccc1)([c]1ccccc1)[c]1ccccc1. The van der Waals surface area contributed by atoms with Gasteiger partial charge < -0.3 is 0 Å². The van der Waals surface area contributed by atoms with Gasteiger partial charge in [0.2, 0.25) is 0 Å². The molecule has 100 valence electrons. The molecule has 0 aliphatic heterocycles. The first kappa shape index (κ1) is 13.7. The van der Waals surface area contributed by atoms with Crippen molar-refractivity contribution in [2.45, 2.75) is 0 Å². The van der Waals surface area contributed by atoms with Gasteiger partial charge in [0.1, 0.15) is 0 Å². The molecule has 2 heteroatoms. The zero-order chi connectivity index (χ0) is 14.5. The Morgan fingerprint density at radius 3 is 1.05 bits per heavy atom. The molecule has 0 amide bonds. The van der Waals surface area contributed by atoms with Gasteiger partial charge in [0.25, 0.3) is 0 Å². The van der Waals surface area contributed by atoms with Crippen LogP contribution < -0.4 is 13.2 Å². The van der Waals surface area contributed by atoms with Crippen LogP contribution in [0.25, 0.3) is 0 Å². The summed E-state index contributed by atoms with van der Waals surface area (Å²) in [6.45, 7) is 0. The molecule has 0 N–H and O–H groups in total. The molecule has 0 spiro atoms. The van der Waals surface area contributed by atoms with Gasteiger partial charge in [0.05, 0.1) is 0 Å². The van der Waals surface area contributed by atoms with E-state index >= 15 is 0 Å². The Labute approximate surface area is 127 Å². The number of rotatable bonds is 3. The summed E-state index contributed by atoms with van der Waals surface area (Å²) in [6.07, 6.45) is 0. The van der Waals surface area contributed by atoms with Crippen LogP contribution in [-0.4, -0.2) is 13.3 Å². The van der Waals surface area contributed by atoms with Crippen molar-refractivity contribution in [2.24, 2.45) is 0 Å². The third-order valence-corrected chi connectivity index (χ3v) is 12.0. The van der Waals surface area contributed by atoms with E-state index in [2.05, 4.69) is 41.3 Å². The molecule has 0 atom stereocenters. The molecule has 3 aromatic rings. The van der Waals surface area contributed by atoms with E-state index in [-0.39, 0.29) is 0 Å². The first-order valence-electron chi connectivity index (χ1n) is 6.96. The fourth-order valence-corrected chi connectivity index (χ4v) is 10.0. The molecule has 1 nitrogen and oxygen atoms in total. The summed E-state index contributed by atoms with van der Waals surface area (Å²) in [4.78, 5) is 2.75. The normalized spacial score (nSPS) is 10.8. The molecule has 0 saturated carbocycles. The van der Waals surface area contributed by atoms with Crippen molar-refractivity contribution < 1.29 is 0 Å². The zero-order valence-electron chi connectivity index (χ0n) is 11.6. The molecular weight excluding hydrogens is 315 g/mol. The zero-order valence-corrected chi connectivity index (χ0v) is 13.7. The van der Waals surface area contributed by atoms with E-state index in [0.29, 0.717) is 0 Å². The van der Waals surface area contributed by atoms with Crippen LogP contribution in [0.5, 0.6) is 0 Å². The third-order valence-electron chi connectivity index (χ3n) is 3.79. The summed E-state index contributed by atoms with van der Waals surface area (Å²) >= 11 is -3.23. The van der Waals surface area contributed by atoms with E-state index in [1.54, 1.807) is 0 Å². The summed E-state index contributed by atoms with van der Waals surface area (Å²) in [6, 6.07) is 30.8. The predicted molar refractivity (Wildman–Crippen MR) is 89.6 cm³/mol. The van der Waals surface area contributed by atoms with Crippen LogP contribution in [0, 0.1) is 10.2 Å². The van der Waals surface area contributed by atoms with Crippen molar-refractivity contribution in [3.63, 3.8) is 0 Å². The second-order valence-corrected chi connectivity index (χ2v) is 12.2. The number of hydrogen-bond acceptors (Lipinski definition) is 1. The second-order valence-electron chi connectivity index (χ2n) is 4.96. The maximum atomic E-state index is 10.2. The third kappa shape index (κ3) is 2.39. The van der Waals surface area contributed by atoms with Crippen molar-refractivity contribution in [1.82, 2.24) is 0 Å². The number of hydrogen-bond donors (Lipinski definition) is 0. The van der Waals surface area contributed by atoms with Gasteiger partial charge in [-0.3, -0.25) is 0 Å². The molecule has 0 aromatic heterocycles. The summed E-state index contributed by atoms with van der Waals surface area (Å²) in [5, 5.41) is 10.2. The Bertz CT molecular complexity index is 649. The van der Waals surface area contributed by atoms with E-state index in [1.807, 2.05) is 54.6 Å². The molecule has 0 bridgehead atoms. The predicted octanol–water partition coefficient (Wildman–Crippen LogP) is 2.22. The molecule has 0 saturated heterocycles. The molecule has 3 aromatic carbocycles. The van der Waals surface area contributed by atoms with Crippen LogP contribution in [0.1, 0.15) is 0 Å². The number of nitrogens with zero attached hydrogens (tertiary/aromatic N) is 1. The Morgan fingerprint density at radius 1 is 0.524 bits per heavy atom. The van der Waals surface area contributed by atoms with Gasteiger partial charge in [-0.15, -0.1) is 0 Å². The molecule has 3 rings (SSSR count). The fourth-order valence-electron chi connectivity index (χ4n) is 2.76. The van der Waals surface area contributed by atoms with Gasteiger partial charge in [-0.05, 0) is 0 Å². The summed E-state index contributed by atoms with van der Waals surface area (Å²) in [5.74, 6) is 0. The molecule has 0 heterocycles. The van der Waals surface area contributed by atoms with Crippen molar-refractivity contribution in [3.8, 4) is 4.90 Å². The second kappa shape index (κ2) is 5.99. The molecule has 0 radical (unpaired) electrons. The van der Waals surface area contributed by atoms with E-state index < -0.39 is 13.3 Å². The van der Waals surface area contributed by atoms with Gasteiger partial charge in [-0.25, -0.2) is 0 Å². The average Bonchev–Trinajstić information content (AvgIpc) is 2.59. The summed E-state index contributed by atoms with van der Waals surface area (Å²) < 4.78 is 3.53. The van der Waals surface area contributed by atoms with Crippen LogP contribution in [0.2, 0.25) is 0 Å². The average molecular weight is 330 g/mol. The molecular formula is C19H15GeN. The fraction of sp³-hybridized carbons (Fsp3) is 0. The van der Waals surface area contributed by atoms with E-state index in [9.17, 15) is 5.26 Å². The maximum absolute atomic E-state index is 10.2. The summed E-state index contributed by atoms with van der Waals surface area (Å²) in [5.41, 5.74) is 0. The van der Waals surface area contributed by atoms with Crippen LogP contribution >= 0.6 is 0 Å². The molecule has 21 heavy (non-hydrogen) atoms. The van der Waals surface area contributed by atoms with Gasteiger partial charge in [0, 0.05) is 0 Å². The molecule has 0 aliphatic rings. The van der Waals surface area contributed by atoms with Crippen molar-refractivity contribution in [2.75, 3.05) is 0 Å². The Kier molecular flexibility index (Phi) is 3.90. The van der Waals surface area contributed by atoms with Crippen molar-refractivity contribution >= 4 is 26.5 Å². The van der Waals surface area contributed by atoms with Crippen LogP contribution in [0.3, 0.4) is 0 Å². The van der Waals surface area contributed by atoms with Crippen molar-refractivity contribution in [3.05, 3.63) is 91.0 Å². The van der Waals surface area contributed by atoms with E-state index in [0.717, 1.165) is 0 Å². The van der Waals surface area contributed by atoms with Gasteiger partial charge in [-0.1, -0.05) is 0 Å². The number of nitriles is 1. The van der Waals surface area contributed by atoms with Crippen molar-refractivity contribution in [1.29, 1.82) is 5.26 Å². The summed E-state index contributed by atoms with van der Waals surface area (Å²) in [7, 11) is 0.